The summed E-state index contributed by atoms with van der Waals surface area (Å²) in [5.74, 6) is 0. The Morgan fingerprint density at radius 2 is 1.13 bits per heavy atom. The SMILES string of the molecule is c1ccc(CON2CCNCCN2OCc2ccccc2)cc1. The second-order valence-corrected chi connectivity index (χ2v) is 5.42. The van der Waals surface area contributed by atoms with Gasteiger partial charge in [-0.25, -0.2) is 0 Å². The van der Waals surface area contributed by atoms with Gasteiger partial charge >= 0.3 is 0 Å². The van der Waals surface area contributed by atoms with Crippen LogP contribution in [0.1, 0.15) is 11.1 Å². The third kappa shape index (κ3) is 5.13. The van der Waals surface area contributed by atoms with E-state index in [2.05, 4.69) is 29.6 Å². The second kappa shape index (κ2) is 8.76. The highest BCUT2D eigenvalue weighted by molar-refractivity contribution is 5.14. The number of hydroxylamine groups is 2. The van der Waals surface area contributed by atoms with Crippen LogP contribution in [0, 0.1) is 0 Å². The molecule has 0 unspecified atom stereocenters. The van der Waals surface area contributed by atoms with Crippen LogP contribution in [0.2, 0.25) is 0 Å². The largest absolute Gasteiger partial charge is 0.314 e. The number of nitrogens with zero attached hydrogens (tertiary/aromatic N) is 2. The monoisotopic (exact) mass is 313 g/mol. The van der Waals surface area contributed by atoms with Crippen LogP contribution in [0.3, 0.4) is 0 Å². The lowest BCUT2D eigenvalue weighted by Gasteiger charge is -2.30. The predicted molar refractivity (Wildman–Crippen MR) is 88.7 cm³/mol. The van der Waals surface area contributed by atoms with Gasteiger partial charge in [-0.05, 0) is 11.1 Å². The van der Waals surface area contributed by atoms with Crippen molar-refractivity contribution in [2.24, 2.45) is 0 Å². The van der Waals surface area contributed by atoms with Gasteiger partial charge in [-0.1, -0.05) is 71.0 Å². The molecule has 0 spiro atoms. The molecule has 0 aromatic heterocycles. The van der Waals surface area contributed by atoms with Crippen LogP contribution in [0.4, 0.5) is 0 Å². The van der Waals surface area contributed by atoms with Gasteiger partial charge in [0, 0.05) is 13.1 Å². The fourth-order valence-electron chi connectivity index (χ4n) is 2.40. The van der Waals surface area contributed by atoms with E-state index in [4.69, 9.17) is 9.68 Å². The minimum absolute atomic E-state index is 0.534. The average molecular weight is 313 g/mol. The zero-order chi connectivity index (χ0) is 15.7. The summed E-state index contributed by atoms with van der Waals surface area (Å²) in [6.07, 6.45) is 0. The van der Waals surface area contributed by atoms with E-state index >= 15 is 0 Å². The van der Waals surface area contributed by atoms with E-state index < -0.39 is 0 Å². The van der Waals surface area contributed by atoms with E-state index in [-0.39, 0.29) is 0 Å². The van der Waals surface area contributed by atoms with E-state index in [0.29, 0.717) is 13.2 Å². The maximum Gasteiger partial charge on any atom is 0.0953 e. The molecule has 0 bridgehead atoms. The number of nitrogens with one attached hydrogen (secondary N) is 1. The van der Waals surface area contributed by atoms with Crippen molar-refractivity contribution in [1.82, 2.24) is 15.7 Å². The van der Waals surface area contributed by atoms with Crippen molar-refractivity contribution >= 4 is 0 Å². The van der Waals surface area contributed by atoms with E-state index in [1.165, 1.54) is 0 Å². The smallest absolute Gasteiger partial charge is 0.0953 e. The Morgan fingerprint density at radius 1 is 0.696 bits per heavy atom. The van der Waals surface area contributed by atoms with Gasteiger partial charge in [-0.3, -0.25) is 9.68 Å². The minimum atomic E-state index is 0.534. The summed E-state index contributed by atoms with van der Waals surface area (Å²) < 4.78 is 0. The Kier molecular flexibility index (Phi) is 6.14. The summed E-state index contributed by atoms with van der Waals surface area (Å²) in [6.45, 7) is 4.32. The Labute approximate surface area is 137 Å². The molecule has 0 atom stereocenters. The number of hydrogen-bond donors (Lipinski definition) is 1. The first kappa shape index (κ1) is 16.1. The van der Waals surface area contributed by atoms with E-state index in [9.17, 15) is 0 Å². The Hall–Kier alpha value is -1.76. The average Bonchev–Trinajstić information content (AvgIpc) is 2.85. The summed E-state index contributed by atoms with van der Waals surface area (Å²) in [5, 5.41) is 6.99. The highest BCUT2D eigenvalue weighted by Crippen LogP contribution is 2.10. The Balaban J connectivity index is 1.56. The van der Waals surface area contributed by atoms with E-state index in [0.717, 1.165) is 37.3 Å². The van der Waals surface area contributed by atoms with Crippen LogP contribution in [0.5, 0.6) is 0 Å². The van der Waals surface area contributed by atoms with Crippen LogP contribution in [0.15, 0.2) is 60.7 Å². The molecule has 1 aliphatic rings. The molecule has 5 nitrogen and oxygen atoms in total. The number of benzene rings is 2. The van der Waals surface area contributed by atoms with Crippen molar-refractivity contribution in [3.63, 3.8) is 0 Å². The van der Waals surface area contributed by atoms with Gasteiger partial charge in [-0.2, -0.15) is 0 Å². The highest BCUT2D eigenvalue weighted by atomic mass is 16.8. The highest BCUT2D eigenvalue weighted by Gasteiger charge is 2.20. The van der Waals surface area contributed by atoms with Crippen LogP contribution in [-0.4, -0.2) is 36.5 Å². The molecule has 5 heteroatoms. The summed E-state index contributed by atoms with van der Waals surface area (Å²) in [4.78, 5) is 11.9. The zero-order valence-electron chi connectivity index (χ0n) is 13.2. The third-order valence-corrected chi connectivity index (χ3v) is 3.65. The molecule has 2 aromatic carbocycles. The molecular formula is C18H23N3O2. The summed E-state index contributed by atoms with van der Waals surface area (Å²) in [6, 6.07) is 20.3. The van der Waals surface area contributed by atoms with Gasteiger partial charge in [0.05, 0.1) is 26.3 Å². The summed E-state index contributed by atoms with van der Waals surface area (Å²) in [7, 11) is 0. The van der Waals surface area contributed by atoms with Crippen molar-refractivity contribution in [2.45, 2.75) is 13.2 Å². The first-order valence-corrected chi connectivity index (χ1v) is 8.01. The maximum absolute atomic E-state index is 5.94. The molecule has 0 saturated carbocycles. The fraction of sp³-hybridized carbons (Fsp3) is 0.333. The normalized spacial score (nSPS) is 17.0. The van der Waals surface area contributed by atoms with Crippen molar-refractivity contribution < 1.29 is 9.68 Å². The Bertz CT molecular complexity index is 513. The summed E-state index contributed by atoms with van der Waals surface area (Å²) in [5.41, 5.74) is 2.29. The van der Waals surface area contributed by atoms with Crippen molar-refractivity contribution in [3.8, 4) is 0 Å². The molecule has 1 N–H and O–H groups in total. The molecule has 23 heavy (non-hydrogen) atoms. The molecule has 0 radical (unpaired) electrons. The van der Waals surface area contributed by atoms with Crippen LogP contribution in [0.25, 0.3) is 0 Å². The molecule has 0 amide bonds. The third-order valence-electron chi connectivity index (χ3n) is 3.65. The van der Waals surface area contributed by atoms with Gasteiger partial charge < -0.3 is 5.32 Å². The summed E-state index contributed by atoms with van der Waals surface area (Å²) >= 11 is 0. The lowest BCUT2D eigenvalue weighted by molar-refractivity contribution is -0.409. The van der Waals surface area contributed by atoms with E-state index in [1.54, 1.807) is 0 Å². The molecule has 1 fully saturated rings. The lowest BCUT2D eigenvalue weighted by atomic mass is 10.2. The molecule has 1 aliphatic heterocycles. The standard InChI is InChI=1S/C18H23N3O2/c1-3-7-17(8-4-1)15-22-20-13-11-19-12-14-21(20)23-16-18-9-5-2-6-10-18/h1-10,19H,11-16H2. The molecule has 122 valence electrons. The first-order chi connectivity index (χ1) is 11.4. The van der Waals surface area contributed by atoms with Gasteiger partial charge in [0.1, 0.15) is 0 Å². The number of rotatable bonds is 6. The van der Waals surface area contributed by atoms with Crippen LogP contribution in [-0.2, 0) is 22.9 Å². The molecule has 2 aromatic rings. The van der Waals surface area contributed by atoms with Gasteiger partial charge in [-0.15, -0.1) is 0 Å². The van der Waals surface area contributed by atoms with Crippen molar-refractivity contribution in [3.05, 3.63) is 71.8 Å². The number of hydrogen-bond acceptors (Lipinski definition) is 5. The van der Waals surface area contributed by atoms with Crippen molar-refractivity contribution in [2.75, 3.05) is 26.2 Å². The minimum Gasteiger partial charge on any atom is -0.314 e. The van der Waals surface area contributed by atoms with Crippen molar-refractivity contribution in [1.29, 1.82) is 0 Å². The molecule has 0 aliphatic carbocycles. The van der Waals surface area contributed by atoms with Gasteiger partial charge in [0.15, 0.2) is 0 Å². The quantitative estimate of drug-likeness (QED) is 0.886. The maximum atomic E-state index is 5.94. The van der Waals surface area contributed by atoms with E-state index in [1.807, 2.05) is 46.7 Å². The number of hydrazine groups is 1. The molecule has 1 heterocycles. The van der Waals surface area contributed by atoms with Crippen LogP contribution >= 0.6 is 0 Å². The van der Waals surface area contributed by atoms with Gasteiger partial charge in [0.2, 0.25) is 0 Å². The zero-order valence-corrected chi connectivity index (χ0v) is 13.2. The topological polar surface area (TPSA) is 37.0 Å². The molecule has 1 saturated heterocycles. The predicted octanol–water partition coefficient (Wildman–Crippen LogP) is 2.37. The lowest BCUT2D eigenvalue weighted by Crippen LogP contribution is -2.43. The fourth-order valence-corrected chi connectivity index (χ4v) is 2.40. The Morgan fingerprint density at radius 3 is 1.57 bits per heavy atom. The molecular weight excluding hydrogens is 290 g/mol. The second-order valence-electron chi connectivity index (χ2n) is 5.42. The first-order valence-electron chi connectivity index (χ1n) is 8.01. The van der Waals surface area contributed by atoms with Gasteiger partial charge in [0.25, 0.3) is 0 Å². The molecule has 3 rings (SSSR count). The van der Waals surface area contributed by atoms with Crippen LogP contribution < -0.4 is 5.32 Å².